The molecule has 0 heterocycles. The van der Waals surface area contributed by atoms with Gasteiger partial charge in [0, 0.05) is 11.5 Å². The highest BCUT2D eigenvalue weighted by Gasteiger charge is 2.18. The van der Waals surface area contributed by atoms with Crippen molar-refractivity contribution in [3.63, 3.8) is 0 Å². The van der Waals surface area contributed by atoms with Gasteiger partial charge in [0.2, 0.25) is 0 Å². The second-order valence-corrected chi connectivity index (χ2v) is 4.11. The average molecular weight is 224 g/mol. The molecule has 0 aromatic heterocycles. The predicted molar refractivity (Wildman–Crippen MR) is 60.6 cm³/mol. The molecule has 0 aromatic rings. The van der Waals surface area contributed by atoms with Crippen LogP contribution in [0.4, 0.5) is 4.79 Å². The molecule has 0 spiro atoms. The molecule has 6 heteroatoms. The molecule has 0 saturated heterocycles. The Morgan fingerprint density at radius 1 is 1.69 bits per heavy atom. The summed E-state index contributed by atoms with van der Waals surface area (Å²) in [6.45, 7) is 5.52. The summed E-state index contributed by atoms with van der Waals surface area (Å²) in [5, 5.41) is 5.84. The van der Waals surface area contributed by atoms with Crippen LogP contribution in [0.3, 0.4) is 0 Å². The molecule has 0 aliphatic carbocycles. The molecule has 0 radical (unpaired) electrons. The Labute approximate surface area is 95.0 Å². The van der Waals surface area contributed by atoms with Crippen molar-refractivity contribution in [1.82, 2.24) is 5.32 Å². The molecule has 0 bridgehead atoms. The highest BCUT2D eigenvalue weighted by Crippen LogP contribution is 2.07. The van der Waals surface area contributed by atoms with E-state index >= 15 is 0 Å². The van der Waals surface area contributed by atoms with Crippen LogP contribution in [-0.4, -0.2) is 24.3 Å². The molecule has 1 atom stereocenters. The van der Waals surface area contributed by atoms with Crippen LogP contribution in [0.2, 0.25) is 0 Å². The third-order valence-electron chi connectivity index (χ3n) is 1.47. The molecule has 0 aliphatic rings. The van der Waals surface area contributed by atoms with Crippen molar-refractivity contribution in [2.45, 2.75) is 38.8 Å². The SMILES string of the molecule is C#CC(CCN=[N+]=[N-])NC(=O)OC(C)(C)C. The van der Waals surface area contributed by atoms with Crippen LogP contribution in [0.5, 0.6) is 0 Å². The van der Waals surface area contributed by atoms with Crippen molar-refractivity contribution in [2.24, 2.45) is 5.11 Å². The first-order chi connectivity index (χ1) is 7.39. The number of hydrogen-bond donors (Lipinski definition) is 1. The summed E-state index contributed by atoms with van der Waals surface area (Å²) in [7, 11) is 0. The van der Waals surface area contributed by atoms with E-state index in [0.717, 1.165) is 0 Å². The number of amides is 1. The Bertz CT molecular complexity index is 321. The lowest BCUT2D eigenvalue weighted by atomic mass is 10.2. The molecule has 6 nitrogen and oxygen atoms in total. The highest BCUT2D eigenvalue weighted by molar-refractivity contribution is 5.68. The van der Waals surface area contributed by atoms with E-state index in [1.165, 1.54) is 0 Å². The molecule has 16 heavy (non-hydrogen) atoms. The van der Waals surface area contributed by atoms with Crippen molar-refractivity contribution in [1.29, 1.82) is 0 Å². The zero-order chi connectivity index (χ0) is 12.6. The van der Waals surface area contributed by atoms with Crippen LogP contribution in [0.25, 0.3) is 10.4 Å². The molecule has 0 aliphatic heterocycles. The molecule has 1 N–H and O–H groups in total. The lowest BCUT2D eigenvalue weighted by Gasteiger charge is -2.21. The van der Waals surface area contributed by atoms with E-state index < -0.39 is 17.7 Å². The van der Waals surface area contributed by atoms with E-state index in [1.54, 1.807) is 20.8 Å². The van der Waals surface area contributed by atoms with Crippen molar-refractivity contribution < 1.29 is 9.53 Å². The van der Waals surface area contributed by atoms with Crippen LogP contribution in [0.15, 0.2) is 5.11 Å². The second kappa shape index (κ2) is 6.59. The van der Waals surface area contributed by atoms with Gasteiger partial charge >= 0.3 is 6.09 Å². The van der Waals surface area contributed by atoms with Gasteiger partial charge in [-0.15, -0.1) is 6.42 Å². The number of rotatable bonds is 4. The minimum absolute atomic E-state index is 0.237. The fourth-order valence-electron chi connectivity index (χ4n) is 0.879. The zero-order valence-electron chi connectivity index (χ0n) is 9.73. The Kier molecular flexibility index (Phi) is 5.83. The molecule has 0 saturated carbocycles. The summed E-state index contributed by atoms with van der Waals surface area (Å²) in [6.07, 6.45) is 5.03. The first-order valence-corrected chi connectivity index (χ1v) is 4.85. The smallest absolute Gasteiger partial charge is 0.408 e. The number of nitrogens with zero attached hydrogens (tertiary/aromatic N) is 3. The highest BCUT2D eigenvalue weighted by atomic mass is 16.6. The van der Waals surface area contributed by atoms with Crippen molar-refractivity contribution >= 4 is 6.09 Å². The lowest BCUT2D eigenvalue weighted by molar-refractivity contribution is 0.0515. The topological polar surface area (TPSA) is 87.1 Å². The number of ether oxygens (including phenoxy) is 1. The van der Waals surface area contributed by atoms with Gasteiger partial charge in [0.15, 0.2) is 0 Å². The Hall–Kier alpha value is -1.86. The third kappa shape index (κ3) is 7.54. The fourth-order valence-corrected chi connectivity index (χ4v) is 0.879. The zero-order valence-corrected chi connectivity index (χ0v) is 9.73. The van der Waals surface area contributed by atoms with Crippen LogP contribution in [0.1, 0.15) is 27.2 Å². The monoisotopic (exact) mass is 224 g/mol. The minimum Gasteiger partial charge on any atom is -0.444 e. The number of alkyl carbamates (subject to hydrolysis) is 1. The van der Waals surface area contributed by atoms with E-state index in [2.05, 4.69) is 21.3 Å². The summed E-state index contributed by atoms with van der Waals surface area (Å²) in [5.74, 6) is 2.38. The fraction of sp³-hybridized carbons (Fsp3) is 0.700. The number of nitrogens with one attached hydrogen (secondary N) is 1. The second-order valence-electron chi connectivity index (χ2n) is 4.11. The van der Waals surface area contributed by atoms with Crippen molar-refractivity contribution in [3.8, 4) is 12.3 Å². The molecule has 0 aromatic carbocycles. The number of terminal acetylenes is 1. The van der Waals surface area contributed by atoms with Crippen molar-refractivity contribution in [3.05, 3.63) is 10.4 Å². The predicted octanol–water partition coefficient (Wildman–Crippen LogP) is 2.21. The minimum atomic E-state index is -0.573. The molecule has 0 rings (SSSR count). The normalized spacial score (nSPS) is 11.9. The number of carbonyl (C=O) groups excluding carboxylic acids is 1. The van der Waals surface area contributed by atoms with Gasteiger partial charge in [0.25, 0.3) is 0 Å². The molecule has 1 unspecified atom stereocenters. The lowest BCUT2D eigenvalue weighted by Crippen LogP contribution is -2.38. The third-order valence-corrected chi connectivity index (χ3v) is 1.47. The first kappa shape index (κ1) is 14.1. The van der Waals surface area contributed by atoms with E-state index in [1.807, 2.05) is 0 Å². The van der Waals surface area contributed by atoms with E-state index in [9.17, 15) is 4.79 Å². The van der Waals surface area contributed by atoms with Gasteiger partial charge in [-0.05, 0) is 32.7 Å². The maximum absolute atomic E-state index is 11.3. The first-order valence-electron chi connectivity index (χ1n) is 4.85. The van der Waals surface area contributed by atoms with E-state index in [0.29, 0.717) is 6.42 Å². The van der Waals surface area contributed by atoms with Gasteiger partial charge in [0.1, 0.15) is 5.60 Å². The molecule has 0 fully saturated rings. The summed E-state index contributed by atoms with van der Waals surface area (Å²) in [6, 6.07) is -0.486. The maximum Gasteiger partial charge on any atom is 0.408 e. The van der Waals surface area contributed by atoms with Gasteiger partial charge < -0.3 is 10.1 Å². The van der Waals surface area contributed by atoms with Gasteiger partial charge in [-0.25, -0.2) is 4.79 Å². The van der Waals surface area contributed by atoms with Gasteiger partial charge in [-0.2, -0.15) is 0 Å². The number of azide groups is 1. The summed E-state index contributed by atoms with van der Waals surface area (Å²) in [5.41, 5.74) is 7.52. The Morgan fingerprint density at radius 2 is 2.31 bits per heavy atom. The Balaban J connectivity index is 4.08. The van der Waals surface area contributed by atoms with Crippen molar-refractivity contribution in [2.75, 3.05) is 6.54 Å². The van der Waals surface area contributed by atoms with Crippen LogP contribution in [-0.2, 0) is 4.74 Å². The van der Waals surface area contributed by atoms with Crippen LogP contribution >= 0.6 is 0 Å². The molecule has 88 valence electrons. The summed E-state index contributed by atoms with van der Waals surface area (Å²) < 4.78 is 5.03. The molecular formula is C10H16N4O2. The standard InChI is InChI=1S/C10H16N4O2/c1-5-8(6-7-12-14-11)13-9(15)16-10(2,3)4/h1,8H,6-7H2,2-4H3,(H,13,15). The number of carbonyl (C=O) groups is 1. The van der Waals surface area contributed by atoms with E-state index in [4.69, 9.17) is 16.7 Å². The Morgan fingerprint density at radius 3 is 2.75 bits per heavy atom. The van der Waals surface area contributed by atoms with Crippen LogP contribution < -0.4 is 5.32 Å². The molecular weight excluding hydrogens is 208 g/mol. The largest absolute Gasteiger partial charge is 0.444 e. The average Bonchev–Trinajstić information content (AvgIpc) is 2.13. The van der Waals surface area contributed by atoms with Gasteiger partial charge in [-0.3, -0.25) is 0 Å². The van der Waals surface area contributed by atoms with E-state index in [-0.39, 0.29) is 6.54 Å². The number of hydrogen-bond acceptors (Lipinski definition) is 3. The molecule has 1 amide bonds. The van der Waals surface area contributed by atoms with Gasteiger partial charge in [0.05, 0.1) is 6.04 Å². The van der Waals surface area contributed by atoms with Crippen LogP contribution in [0, 0.1) is 12.3 Å². The van der Waals surface area contributed by atoms with Gasteiger partial charge in [-0.1, -0.05) is 11.0 Å². The quantitative estimate of drug-likeness (QED) is 0.343. The summed E-state index contributed by atoms with van der Waals surface area (Å²) >= 11 is 0. The summed E-state index contributed by atoms with van der Waals surface area (Å²) in [4.78, 5) is 13.9. The maximum atomic E-state index is 11.3.